The van der Waals surface area contributed by atoms with Crippen LogP contribution in [0, 0.1) is 0 Å². The Morgan fingerprint density at radius 3 is 1.38 bits per heavy atom. The molecule has 0 rings (SSSR count). The number of rotatable bonds is 5. The zero-order chi connectivity index (χ0) is 14.0. The van der Waals surface area contributed by atoms with Crippen molar-refractivity contribution in [2.75, 3.05) is 6.61 Å². The first-order valence-electron chi connectivity index (χ1n) is 7.26. The van der Waals surface area contributed by atoms with Gasteiger partial charge in [-0.25, -0.2) is 0 Å². The molecule has 0 aromatic rings. The van der Waals surface area contributed by atoms with Gasteiger partial charge in [-0.05, 0) is 26.7 Å². The largest absolute Gasteiger partial charge is 0.376 e. The summed E-state index contributed by atoms with van der Waals surface area (Å²) in [4.78, 5) is 0. The van der Waals surface area contributed by atoms with Crippen molar-refractivity contribution in [2.45, 2.75) is 94.1 Å². The highest BCUT2D eigenvalue weighted by Gasteiger charge is 2.15. The maximum atomic E-state index is 5.62. The average Bonchev–Trinajstić information content (AvgIpc) is 2.34. The van der Waals surface area contributed by atoms with Gasteiger partial charge >= 0.3 is 0 Å². The van der Waals surface area contributed by atoms with E-state index in [1.807, 2.05) is 41.5 Å². The summed E-state index contributed by atoms with van der Waals surface area (Å²) < 4.78 is 5.62. The van der Waals surface area contributed by atoms with Crippen LogP contribution in [-0.4, -0.2) is 12.2 Å². The minimum atomic E-state index is 0.102. The summed E-state index contributed by atoms with van der Waals surface area (Å²) in [7, 11) is 0. The summed E-state index contributed by atoms with van der Waals surface area (Å²) in [5, 5.41) is 0. The molecule has 16 heavy (non-hydrogen) atoms. The first kappa shape index (κ1) is 25.0. The molecule has 0 saturated heterocycles. The number of ether oxygens (including phenoxy) is 1. The molecule has 0 heterocycles. The molecule has 0 aliphatic carbocycles. The highest BCUT2D eigenvalue weighted by molar-refractivity contribution is 4.66. The van der Waals surface area contributed by atoms with Crippen LogP contribution in [0.4, 0.5) is 0 Å². The predicted octanol–water partition coefficient (Wildman–Crippen LogP) is 6.07. The summed E-state index contributed by atoms with van der Waals surface area (Å²) in [6.07, 6.45) is 3.48. The minimum absolute atomic E-state index is 0.102. The second-order valence-corrected chi connectivity index (χ2v) is 3.36. The standard InChI is InChI=1S/C9H20O.3C2H6/c1-5-7-9(3,4)10-8-6-2;3*1-2/h5-8H2,1-4H3;3*1-2H3. The van der Waals surface area contributed by atoms with E-state index in [0.717, 1.165) is 19.4 Å². The van der Waals surface area contributed by atoms with Gasteiger partial charge < -0.3 is 4.74 Å². The van der Waals surface area contributed by atoms with Crippen LogP contribution in [0.15, 0.2) is 0 Å². The lowest BCUT2D eigenvalue weighted by Crippen LogP contribution is -2.24. The first-order chi connectivity index (χ1) is 7.62. The monoisotopic (exact) mass is 234 g/mol. The van der Waals surface area contributed by atoms with Crippen molar-refractivity contribution in [3.63, 3.8) is 0 Å². The van der Waals surface area contributed by atoms with Crippen LogP contribution in [0.2, 0.25) is 0 Å². The Labute approximate surface area is 106 Å². The highest BCUT2D eigenvalue weighted by Crippen LogP contribution is 2.16. The normalized spacial score (nSPS) is 8.62. The fraction of sp³-hybridized carbons (Fsp3) is 1.00. The lowest BCUT2D eigenvalue weighted by molar-refractivity contribution is -0.0234. The van der Waals surface area contributed by atoms with E-state index in [2.05, 4.69) is 27.7 Å². The van der Waals surface area contributed by atoms with Crippen molar-refractivity contribution in [3.05, 3.63) is 0 Å². The topological polar surface area (TPSA) is 9.23 Å². The smallest absolute Gasteiger partial charge is 0.0626 e. The van der Waals surface area contributed by atoms with E-state index in [9.17, 15) is 0 Å². The molecule has 0 N–H and O–H groups in total. The molecule has 0 amide bonds. The molecule has 0 spiro atoms. The molecule has 0 aromatic carbocycles. The Morgan fingerprint density at radius 2 is 1.12 bits per heavy atom. The molecule has 1 nitrogen and oxygen atoms in total. The van der Waals surface area contributed by atoms with Gasteiger partial charge in [0.15, 0.2) is 0 Å². The molecule has 1 heteroatoms. The fourth-order valence-electron chi connectivity index (χ4n) is 1.05. The Morgan fingerprint density at radius 1 is 0.750 bits per heavy atom. The summed E-state index contributed by atoms with van der Waals surface area (Å²) in [5.74, 6) is 0. The van der Waals surface area contributed by atoms with Gasteiger partial charge in [-0.2, -0.15) is 0 Å². The van der Waals surface area contributed by atoms with Crippen LogP contribution in [0.25, 0.3) is 0 Å². The summed E-state index contributed by atoms with van der Waals surface area (Å²) in [6, 6.07) is 0. The maximum absolute atomic E-state index is 5.62. The second-order valence-electron chi connectivity index (χ2n) is 3.36. The lowest BCUT2D eigenvalue weighted by Gasteiger charge is -2.24. The van der Waals surface area contributed by atoms with Crippen molar-refractivity contribution >= 4 is 0 Å². The molecular weight excluding hydrogens is 196 g/mol. The molecule has 0 unspecified atom stereocenters. The van der Waals surface area contributed by atoms with E-state index in [1.54, 1.807) is 0 Å². The van der Waals surface area contributed by atoms with Crippen molar-refractivity contribution in [1.82, 2.24) is 0 Å². The molecule has 104 valence electrons. The van der Waals surface area contributed by atoms with Crippen LogP contribution >= 0.6 is 0 Å². The molecule has 0 atom stereocenters. The summed E-state index contributed by atoms with van der Waals surface area (Å²) in [5.41, 5.74) is 0.102. The predicted molar refractivity (Wildman–Crippen MR) is 79.3 cm³/mol. The molecule has 0 aromatic heterocycles. The third-order valence-corrected chi connectivity index (χ3v) is 1.55. The van der Waals surface area contributed by atoms with Crippen molar-refractivity contribution in [3.8, 4) is 0 Å². The van der Waals surface area contributed by atoms with Gasteiger partial charge in [0.05, 0.1) is 5.60 Å². The quantitative estimate of drug-likeness (QED) is 0.561. The SMILES string of the molecule is CC.CC.CC.CCCOC(C)(C)CCC. The molecule has 0 bridgehead atoms. The summed E-state index contributed by atoms with van der Waals surface area (Å²) in [6.45, 7) is 21.5. The zero-order valence-electron chi connectivity index (χ0n) is 13.7. The molecule has 0 fully saturated rings. The number of hydrogen-bond donors (Lipinski definition) is 0. The Bertz CT molecular complexity index is 77.5. The average molecular weight is 234 g/mol. The van der Waals surface area contributed by atoms with Crippen molar-refractivity contribution in [1.29, 1.82) is 0 Å². The Balaban J connectivity index is -0.000000103. The van der Waals surface area contributed by atoms with E-state index >= 15 is 0 Å². The third-order valence-electron chi connectivity index (χ3n) is 1.55. The van der Waals surface area contributed by atoms with Crippen LogP contribution in [-0.2, 0) is 4.74 Å². The van der Waals surface area contributed by atoms with Crippen molar-refractivity contribution in [2.24, 2.45) is 0 Å². The van der Waals surface area contributed by atoms with Gasteiger partial charge in [0.25, 0.3) is 0 Å². The fourth-order valence-corrected chi connectivity index (χ4v) is 1.05. The molecular formula is C15H38O. The van der Waals surface area contributed by atoms with E-state index in [4.69, 9.17) is 4.74 Å². The second kappa shape index (κ2) is 24.3. The first-order valence-corrected chi connectivity index (χ1v) is 7.26. The van der Waals surface area contributed by atoms with Crippen molar-refractivity contribution < 1.29 is 4.74 Å². The summed E-state index contributed by atoms with van der Waals surface area (Å²) >= 11 is 0. The lowest BCUT2D eigenvalue weighted by atomic mass is 10.0. The Hall–Kier alpha value is -0.0400. The number of hydrogen-bond acceptors (Lipinski definition) is 1. The van der Waals surface area contributed by atoms with Gasteiger partial charge in [-0.3, -0.25) is 0 Å². The van der Waals surface area contributed by atoms with E-state index < -0.39 is 0 Å². The van der Waals surface area contributed by atoms with E-state index in [0.29, 0.717) is 0 Å². The molecule has 0 aliphatic heterocycles. The van der Waals surface area contributed by atoms with Crippen LogP contribution < -0.4 is 0 Å². The van der Waals surface area contributed by atoms with Gasteiger partial charge in [-0.1, -0.05) is 61.8 Å². The zero-order valence-corrected chi connectivity index (χ0v) is 13.7. The minimum Gasteiger partial charge on any atom is -0.376 e. The maximum Gasteiger partial charge on any atom is 0.0626 e. The Kier molecular flexibility index (Phi) is 37.9. The molecule has 0 saturated carbocycles. The third kappa shape index (κ3) is 29.2. The van der Waals surface area contributed by atoms with Crippen LogP contribution in [0.1, 0.15) is 88.5 Å². The highest BCUT2D eigenvalue weighted by atomic mass is 16.5. The molecule has 0 radical (unpaired) electrons. The van der Waals surface area contributed by atoms with Crippen LogP contribution in [0.3, 0.4) is 0 Å². The van der Waals surface area contributed by atoms with Crippen LogP contribution in [0.5, 0.6) is 0 Å². The van der Waals surface area contributed by atoms with Gasteiger partial charge in [0.2, 0.25) is 0 Å². The van der Waals surface area contributed by atoms with Gasteiger partial charge in [-0.15, -0.1) is 0 Å². The van der Waals surface area contributed by atoms with Gasteiger partial charge in [0, 0.05) is 6.61 Å². The van der Waals surface area contributed by atoms with Gasteiger partial charge in [0.1, 0.15) is 0 Å². The van der Waals surface area contributed by atoms with E-state index in [1.165, 1.54) is 6.42 Å². The van der Waals surface area contributed by atoms with E-state index in [-0.39, 0.29) is 5.60 Å². The molecule has 0 aliphatic rings.